The molecule has 136 valence electrons. The largest absolute Gasteiger partial charge is 0.321 e. The lowest BCUT2D eigenvalue weighted by Crippen LogP contribution is -2.43. The van der Waals surface area contributed by atoms with E-state index < -0.39 is 0 Å². The molecule has 3 rings (SSSR count). The Labute approximate surface area is 159 Å². The molecule has 0 radical (unpaired) electrons. The van der Waals surface area contributed by atoms with E-state index in [2.05, 4.69) is 28.5 Å². The number of hydrogen-bond acceptors (Lipinski definition) is 3. The third kappa shape index (κ3) is 5.31. The Morgan fingerprint density at radius 3 is 2.26 bits per heavy atom. The summed E-state index contributed by atoms with van der Waals surface area (Å²) in [5.74, 6) is -0.0602. The summed E-state index contributed by atoms with van der Waals surface area (Å²) in [4.78, 5) is 12.4. The van der Waals surface area contributed by atoms with Crippen LogP contribution in [0, 0.1) is 6.92 Å². The van der Waals surface area contributed by atoms with Crippen molar-refractivity contribution in [3.05, 3.63) is 84.2 Å². The van der Waals surface area contributed by atoms with Crippen LogP contribution in [0.5, 0.6) is 0 Å². The number of aryl methyl sites for hydroxylation is 2. The number of benzene rings is 2. The first kappa shape index (κ1) is 18.5. The fourth-order valence-corrected chi connectivity index (χ4v) is 2.62. The second kappa shape index (κ2) is 8.85. The molecule has 0 aliphatic carbocycles. The van der Waals surface area contributed by atoms with Gasteiger partial charge >= 0.3 is 0 Å². The van der Waals surface area contributed by atoms with Crippen LogP contribution in [0.2, 0.25) is 0 Å². The van der Waals surface area contributed by atoms with E-state index in [9.17, 15) is 4.79 Å². The highest BCUT2D eigenvalue weighted by Crippen LogP contribution is 2.20. The third-order valence-corrected chi connectivity index (χ3v) is 4.22. The summed E-state index contributed by atoms with van der Waals surface area (Å²) in [6.45, 7) is 4.39. The van der Waals surface area contributed by atoms with Crippen molar-refractivity contribution in [2.24, 2.45) is 10.2 Å². The maximum atomic E-state index is 12.4. The molecule has 0 unspecified atom stereocenters. The Morgan fingerprint density at radius 1 is 0.926 bits per heavy atom. The van der Waals surface area contributed by atoms with Crippen LogP contribution in [0.15, 0.2) is 83.2 Å². The molecule has 0 fully saturated rings. The van der Waals surface area contributed by atoms with Gasteiger partial charge in [0, 0.05) is 24.2 Å². The van der Waals surface area contributed by atoms with Gasteiger partial charge in [-0.15, -0.1) is 0 Å². The van der Waals surface area contributed by atoms with Crippen molar-refractivity contribution in [3.8, 4) is 0 Å². The van der Waals surface area contributed by atoms with Gasteiger partial charge in [0.15, 0.2) is 11.9 Å². The molecule has 2 aromatic carbocycles. The number of anilines is 1. The first-order valence-electron chi connectivity index (χ1n) is 8.99. The van der Waals surface area contributed by atoms with E-state index >= 15 is 0 Å². The predicted octanol–water partition coefficient (Wildman–Crippen LogP) is 4.90. The zero-order valence-corrected chi connectivity index (χ0v) is 15.6. The molecule has 1 aromatic heterocycles. The van der Waals surface area contributed by atoms with Crippen LogP contribution < -0.4 is 9.88 Å². The summed E-state index contributed by atoms with van der Waals surface area (Å²) in [5.41, 5.74) is 4.54. The van der Waals surface area contributed by atoms with Gasteiger partial charge in [-0.3, -0.25) is 4.79 Å². The molecule has 0 spiro atoms. The Kier molecular flexibility index (Phi) is 6.05. The fraction of sp³-hybridized carbons (Fsp3) is 0.182. The van der Waals surface area contributed by atoms with Crippen molar-refractivity contribution in [1.82, 2.24) is 0 Å². The minimum atomic E-state index is -0.0602. The van der Waals surface area contributed by atoms with Gasteiger partial charge in [0.2, 0.25) is 6.54 Å². The minimum Gasteiger partial charge on any atom is -0.321 e. The highest BCUT2D eigenvalue weighted by Gasteiger charge is 2.13. The van der Waals surface area contributed by atoms with Gasteiger partial charge in [0.25, 0.3) is 5.91 Å². The van der Waals surface area contributed by atoms with E-state index in [-0.39, 0.29) is 12.5 Å². The highest BCUT2D eigenvalue weighted by atomic mass is 16.1. The molecule has 1 N–H and O–H groups in total. The second-order valence-corrected chi connectivity index (χ2v) is 6.29. The molecule has 3 aromatic rings. The number of pyridine rings is 1. The number of nitrogens with one attached hydrogen (secondary N) is 1. The molecular weight excluding hydrogens is 336 g/mol. The van der Waals surface area contributed by atoms with Crippen molar-refractivity contribution >= 4 is 23.0 Å². The van der Waals surface area contributed by atoms with Crippen molar-refractivity contribution in [2.45, 2.75) is 26.8 Å². The Bertz CT molecular complexity index is 934. The van der Waals surface area contributed by atoms with E-state index in [0.29, 0.717) is 0 Å². The number of carbonyl (C=O) groups excluding carboxylic acids is 1. The Balaban J connectivity index is 1.61. The van der Waals surface area contributed by atoms with Gasteiger partial charge in [-0.05, 0) is 48.9 Å². The second-order valence-electron chi connectivity index (χ2n) is 6.29. The minimum absolute atomic E-state index is 0.0602. The van der Waals surface area contributed by atoms with Gasteiger partial charge in [0.1, 0.15) is 0 Å². The number of amides is 1. The molecule has 0 atom stereocenters. The normalized spacial score (nSPS) is 10.9. The number of aromatic nitrogens is 1. The standard InChI is InChI=1S/C22H22N4O/c1-3-18-10-9-17(2)26(15-18)16-22(27)23-19-11-13-21(14-12-19)25-24-20-7-5-4-6-8-20/h4-15H,3,16H2,1-2H3/p+1. The first-order valence-corrected chi connectivity index (χ1v) is 8.99. The molecule has 0 bridgehead atoms. The summed E-state index contributed by atoms with van der Waals surface area (Å²) < 4.78 is 1.97. The number of rotatable bonds is 6. The number of carbonyl (C=O) groups is 1. The smallest absolute Gasteiger partial charge is 0.290 e. The van der Waals surface area contributed by atoms with E-state index in [1.807, 2.05) is 78.4 Å². The third-order valence-electron chi connectivity index (χ3n) is 4.22. The number of hydrogen-bond donors (Lipinski definition) is 1. The molecule has 0 saturated heterocycles. The molecule has 5 heteroatoms. The van der Waals surface area contributed by atoms with Gasteiger partial charge in [-0.25, -0.2) is 0 Å². The van der Waals surface area contributed by atoms with Gasteiger partial charge < -0.3 is 5.32 Å². The maximum absolute atomic E-state index is 12.4. The number of nitrogens with zero attached hydrogens (tertiary/aromatic N) is 3. The molecule has 0 aliphatic heterocycles. The van der Waals surface area contributed by atoms with Crippen molar-refractivity contribution in [1.29, 1.82) is 0 Å². The van der Waals surface area contributed by atoms with E-state index in [4.69, 9.17) is 0 Å². The SMILES string of the molecule is CCc1ccc(C)[n+](CC(=O)Nc2ccc(N=Nc3ccccc3)cc2)c1. The lowest BCUT2D eigenvalue weighted by atomic mass is 10.2. The lowest BCUT2D eigenvalue weighted by molar-refractivity contribution is -0.690. The molecular formula is C22H23N4O+. The molecule has 1 heterocycles. The fourth-order valence-electron chi connectivity index (χ4n) is 2.62. The predicted molar refractivity (Wildman–Crippen MR) is 106 cm³/mol. The van der Waals surface area contributed by atoms with Gasteiger partial charge in [0.05, 0.1) is 11.4 Å². The molecule has 27 heavy (non-hydrogen) atoms. The average Bonchev–Trinajstić information content (AvgIpc) is 2.70. The summed E-state index contributed by atoms with van der Waals surface area (Å²) in [6, 6.07) is 21.0. The van der Waals surface area contributed by atoms with Crippen LogP contribution in [0.3, 0.4) is 0 Å². The molecule has 5 nitrogen and oxygen atoms in total. The summed E-state index contributed by atoms with van der Waals surface area (Å²) in [7, 11) is 0. The molecule has 0 aliphatic rings. The first-order chi connectivity index (χ1) is 13.1. The molecule has 0 saturated carbocycles. The van der Waals surface area contributed by atoms with Crippen LogP contribution >= 0.6 is 0 Å². The average molecular weight is 359 g/mol. The Hall–Kier alpha value is -3.34. The van der Waals surface area contributed by atoms with E-state index in [1.54, 1.807) is 0 Å². The molecule has 1 amide bonds. The van der Waals surface area contributed by atoms with E-state index in [0.717, 1.165) is 29.2 Å². The van der Waals surface area contributed by atoms with Crippen LogP contribution in [0.4, 0.5) is 17.1 Å². The Morgan fingerprint density at radius 2 is 1.59 bits per heavy atom. The van der Waals surface area contributed by atoms with Gasteiger partial charge in [-0.2, -0.15) is 14.8 Å². The topological polar surface area (TPSA) is 57.7 Å². The maximum Gasteiger partial charge on any atom is 0.290 e. The van der Waals surface area contributed by atoms with E-state index in [1.165, 1.54) is 5.56 Å². The van der Waals surface area contributed by atoms with Crippen LogP contribution in [0.25, 0.3) is 0 Å². The summed E-state index contributed by atoms with van der Waals surface area (Å²) >= 11 is 0. The highest BCUT2D eigenvalue weighted by molar-refractivity contribution is 5.89. The lowest BCUT2D eigenvalue weighted by Gasteiger charge is -2.05. The number of azo groups is 1. The van der Waals surface area contributed by atoms with Crippen LogP contribution in [-0.4, -0.2) is 5.91 Å². The zero-order valence-electron chi connectivity index (χ0n) is 15.6. The summed E-state index contributed by atoms with van der Waals surface area (Å²) in [5, 5.41) is 11.3. The van der Waals surface area contributed by atoms with Crippen molar-refractivity contribution in [3.63, 3.8) is 0 Å². The quantitative estimate of drug-likeness (QED) is 0.494. The van der Waals surface area contributed by atoms with Crippen LogP contribution in [-0.2, 0) is 17.8 Å². The van der Waals surface area contributed by atoms with Crippen molar-refractivity contribution < 1.29 is 9.36 Å². The summed E-state index contributed by atoms with van der Waals surface area (Å²) in [6.07, 6.45) is 2.98. The van der Waals surface area contributed by atoms with Gasteiger partial charge in [-0.1, -0.05) is 25.1 Å². The monoisotopic (exact) mass is 359 g/mol. The zero-order chi connectivity index (χ0) is 19.1. The van der Waals surface area contributed by atoms with Crippen molar-refractivity contribution in [2.75, 3.05) is 5.32 Å². The van der Waals surface area contributed by atoms with Crippen LogP contribution in [0.1, 0.15) is 18.2 Å².